The van der Waals surface area contributed by atoms with Gasteiger partial charge in [-0.05, 0) is 37.4 Å². The summed E-state index contributed by atoms with van der Waals surface area (Å²) in [7, 11) is 0. The van der Waals surface area contributed by atoms with Crippen LogP contribution in [0.1, 0.15) is 24.2 Å². The molecule has 1 rings (SSSR count). The zero-order valence-corrected chi connectivity index (χ0v) is 13.2. The second-order valence-electron chi connectivity index (χ2n) is 4.52. The highest BCUT2D eigenvalue weighted by Crippen LogP contribution is 2.05. The second-order valence-corrected chi connectivity index (χ2v) is 5.74. The lowest BCUT2D eigenvalue weighted by atomic mass is 10.2. The lowest BCUT2D eigenvalue weighted by molar-refractivity contribution is 0.0956. The summed E-state index contributed by atoms with van der Waals surface area (Å²) >= 11 is 1.88. The first-order valence-electron chi connectivity index (χ1n) is 7.11. The molecular weight excluding hydrogens is 270 g/mol. The van der Waals surface area contributed by atoms with E-state index in [1.54, 1.807) is 24.3 Å². The van der Waals surface area contributed by atoms with Crippen LogP contribution in [0.4, 0.5) is 5.69 Å². The molecule has 0 heterocycles. The normalized spacial score (nSPS) is 10.8. The number of amides is 1. The molecular formula is C15H25N3OS. The molecule has 0 radical (unpaired) electrons. The summed E-state index contributed by atoms with van der Waals surface area (Å²) in [6.07, 6.45) is 0. The third-order valence-corrected chi connectivity index (χ3v) is 4.12. The summed E-state index contributed by atoms with van der Waals surface area (Å²) in [4.78, 5) is 14.2. The van der Waals surface area contributed by atoms with Crippen molar-refractivity contribution in [2.45, 2.75) is 13.8 Å². The molecule has 0 aliphatic carbocycles. The predicted octanol–water partition coefficient (Wildman–Crippen LogP) is 2.07. The van der Waals surface area contributed by atoms with Crippen molar-refractivity contribution in [2.24, 2.45) is 0 Å². The number of rotatable bonds is 9. The Labute approximate surface area is 126 Å². The van der Waals surface area contributed by atoms with Gasteiger partial charge in [-0.3, -0.25) is 4.79 Å². The van der Waals surface area contributed by atoms with E-state index in [1.165, 1.54) is 0 Å². The molecule has 0 spiro atoms. The van der Waals surface area contributed by atoms with Gasteiger partial charge < -0.3 is 16.0 Å². The Bertz CT molecular complexity index is 391. The largest absolute Gasteiger partial charge is 0.399 e. The van der Waals surface area contributed by atoms with Crippen LogP contribution in [0.15, 0.2) is 24.3 Å². The highest BCUT2D eigenvalue weighted by molar-refractivity contribution is 7.99. The molecule has 0 atom stereocenters. The van der Waals surface area contributed by atoms with Crippen LogP contribution in [0, 0.1) is 0 Å². The number of nitrogens with zero attached hydrogens (tertiary/aromatic N) is 1. The first kappa shape index (κ1) is 16.9. The summed E-state index contributed by atoms with van der Waals surface area (Å²) in [5, 5.41) is 2.92. The summed E-state index contributed by atoms with van der Waals surface area (Å²) in [6.45, 7) is 8.38. The van der Waals surface area contributed by atoms with Gasteiger partial charge >= 0.3 is 0 Å². The second kappa shape index (κ2) is 9.66. The minimum Gasteiger partial charge on any atom is -0.399 e. The highest BCUT2D eigenvalue weighted by atomic mass is 32.2. The van der Waals surface area contributed by atoms with Gasteiger partial charge in [-0.1, -0.05) is 13.8 Å². The van der Waals surface area contributed by atoms with E-state index >= 15 is 0 Å². The van der Waals surface area contributed by atoms with Gasteiger partial charge in [0.1, 0.15) is 0 Å². The fourth-order valence-corrected chi connectivity index (χ4v) is 2.65. The van der Waals surface area contributed by atoms with Crippen LogP contribution in [0.5, 0.6) is 0 Å². The van der Waals surface area contributed by atoms with Crippen molar-refractivity contribution < 1.29 is 4.79 Å². The van der Waals surface area contributed by atoms with E-state index < -0.39 is 0 Å². The van der Waals surface area contributed by atoms with Crippen LogP contribution < -0.4 is 11.1 Å². The number of carbonyl (C=O) groups excluding carboxylic acids is 1. The fourth-order valence-electron chi connectivity index (χ4n) is 1.81. The molecule has 0 unspecified atom stereocenters. The molecule has 112 valence electrons. The predicted molar refractivity (Wildman–Crippen MR) is 88.3 cm³/mol. The molecule has 0 aliphatic heterocycles. The van der Waals surface area contributed by atoms with Gasteiger partial charge in [0.25, 0.3) is 5.91 Å². The number of nitrogens with two attached hydrogens (primary N) is 1. The van der Waals surface area contributed by atoms with Crippen LogP contribution in [0.25, 0.3) is 0 Å². The topological polar surface area (TPSA) is 58.4 Å². The molecule has 1 aromatic rings. The Balaban J connectivity index is 2.12. The monoisotopic (exact) mass is 295 g/mol. The van der Waals surface area contributed by atoms with Gasteiger partial charge in [0.2, 0.25) is 0 Å². The molecule has 0 aromatic heterocycles. The van der Waals surface area contributed by atoms with Crippen LogP contribution in [0.2, 0.25) is 0 Å². The van der Waals surface area contributed by atoms with E-state index in [9.17, 15) is 4.79 Å². The Kier molecular flexibility index (Phi) is 8.14. The molecule has 3 N–H and O–H groups in total. The molecule has 5 heteroatoms. The smallest absolute Gasteiger partial charge is 0.251 e. The average Bonchev–Trinajstić information content (AvgIpc) is 2.47. The number of carbonyl (C=O) groups is 1. The Morgan fingerprint density at radius 2 is 1.85 bits per heavy atom. The van der Waals surface area contributed by atoms with Crippen molar-refractivity contribution in [3.8, 4) is 0 Å². The van der Waals surface area contributed by atoms with Gasteiger partial charge in [0, 0.05) is 35.8 Å². The Morgan fingerprint density at radius 1 is 1.20 bits per heavy atom. The van der Waals surface area contributed by atoms with Crippen molar-refractivity contribution in [2.75, 3.05) is 43.4 Å². The maximum atomic E-state index is 11.8. The molecule has 0 saturated heterocycles. The van der Waals surface area contributed by atoms with Crippen LogP contribution in [-0.4, -0.2) is 48.5 Å². The zero-order chi connectivity index (χ0) is 14.8. The SMILES string of the molecule is CCN(CC)CCSCCNC(=O)c1ccc(N)cc1. The first-order valence-corrected chi connectivity index (χ1v) is 8.26. The highest BCUT2D eigenvalue weighted by Gasteiger charge is 2.04. The third-order valence-electron chi connectivity index (χ3n) is 3.15. The molecule has 1 amide bonds. The van der Waals surface area contributed by atoms with Crippen LogP contribution >= 0.6 is 11.8 Å². The lowest BCUT2D eigenvalue weighted by Gasteiger charge is -2.17. The molecule has 20 heavy (non-hydrogen) atoms. The fraction of sp³-hybridized carbons (Fsp3) is 0.533. The quantitative estimate of drug-likeness (QED) is 0.541. The maximum Gasteiger partial charge on any atom is 0.251 e. The van der Waals surface area contributed by atoms with E-state index in [4.69, 9.17) is 5.73 Å². The van der Waals surface area contributed by atoms with Gasteiger partial charge in [-0.25, -0.2) is 0 Å². The number of hydrogen-bond acceptors (Lipinski definition) is 4. The number of nitrogen functional groups attached to an aromatic ring is 1. The van der Waals surface area contributed by atoms with E-state index in [-0.39, 0.29) is 5.91 Å². The molecule has 1 aromatic carbocycles. The maximum absolute atomic E-state index is 11.8. The summed E-state index contributed by atoms with van der Waals surface area (Å²) in [6, 6.07) is 6.98. The van der Waals surface area contributed by atoms with E-state index in [2.05, 4.69) is 24.1 Å². The Morgan fingerprint density at radius 3 is 2.45 bits per heavy atom. The Hall–Kier alpha value is -1.20. The van der Waals surface area contributed by atoms with Crippen molar-refractivity contribution in [3.05, 3.63) is 29.8 Å². The number of hydrogen-bond donors (Lipinski definition) is 2. The van der Waals surface area contributed by atoms with Crippen molar-refractivity contribution in [1.82, 2.24) is 10.2 Å². The average molecular weight is 295 g/mol. The van der Waals surface area contributed by atoms with E-state index in [1.807, 2.05) is 11.8 Å². The number of nitrogens with one attached hydrogen (secondary N) is 1. The summed E-state index contributed by atoms with van der Waals surface area (Å²) in [5.74, 6) is 2.02. The molecule has 4 nitrogen and oxygen atoms in total. The third kappa shape index (κ3) is 6.30. The zero-order valence-electron chi connectivity index (χ0n) is 12.4. The molecule has 0 aliphatic rings. The van der Waals surface area contributed by atoms with Crippen molar-refractivity contribution in [1.29, 1.82) is 0 Å². The van der Waals surface area contributed by atoms with Gasteiger partial charge in [0.05, 0.1) is 0 Å². The van der Waals surface area contributed by atoms with Crippen molar-refractivity contribution >= 4 is 23.4 Å². The molecule has 0 bridgehead atoms. The standard InChI is InChI=1S/C15H25N3OS/c1-3-18(4-2)10-12-20-11-9-17-15(19)13-5-7-14(16)8-6-13/h5-8H,3-4,9-12,16H2,1-2H3,(H,17,19). The van der Waals surface area contributed by atoms with Gasteiger partial charge in [-0.15, -0.1) is 0 Å². The lowest BCUT2D eigenvalue weighted by Crippen LogP contribution is -2.27. The van der Waals surface area contributed by atoms with Gasteiger partial charge in [-0.2, -0.15) is 11.8 Å². The molecule has 0 saturated carbocycles. The number of benzene rings is 1. The van der Waals surface area contributed by atoms with E-state index in [0.29, 0.717) is 17.8 Å². The summed E-state index contributed by atoms with van der Waals surface area (Å²) < 4.78 is 0. The van der Waals surface area contributed by atoms with Crippen LogP contribution in [-0.2, 0) is 0 Å². The number of anilines is 1. The summed E-state index contributed by atoms with van der Waals surface area (Å²) in [5.41, 5.74) is 6.92. The number of thioether (sulfide) groups is 1. The van der Waals surface area contributed by atoms with Gasteiger partial charge in [0.15, 0.2) is 0 Å². The first-order chi connectivity index (χ1) is 9.67. The van der Waals surface area contributed by atoms with E-state index in [0.717, 1.165) is 31.1 Å². The van der Waals surface area contributed by atoms with Crippen LogP contribution in [0.3, 0.4) is 0 Å². The van der Waals surface area contributed by atoms with Crippen molar-refractivity contribution in [3.63, 3.8) is 0 Å². The minimum absolute atomic E-state index is 0.0330. The minimum atomic E-state index is -0.0330. The molecule has 0 fully saturated rings.